The van der Waals surface area contributed by atoms with Gasteiger partial charge in [0.25, 0.3) is 5.91 Å². The highest BCUT2D eigenvalue weighted by Crippen LogP contribution is 2.24. The first-order chi connectivity index (χ1) is 13.6. The molecule has 146 valence electrons. The number of carbonyl (C=O) groups excluding carboxylic acids is 1. The molecule has 1 N–H and O–H groups in total. The minimum Gasteiger partial charge on any atom is -0.423 e. The van der Waals surface area contributed by atoms with Gasteiger partial charge < -0.3 is 9.73 Å². The fourth-order valence-corrected chi connectivity index (χ4v) is 3.20. The topological polar surface area (TPSA) is 68.0 Å². The maximum atomic E-state index is 12.8. The second-order valence-electron chi connectivity index (χ2n) is 7.36. The lowest BCUT2D eigenvalue weighted by molar-refractivity contribution is 0.0925. The molecule has 1 aromatic heterocycles. The predicted molar refractivity (Wildman–Crippen MR) is 110 cm³/mol. The van der Waals surface area contributed by atoms with Crippen LogP contribution in [0.15, 0.2) is 59.3 Å². The van der Waals surface area contributed by atoms with Crippen LogP contribution < -0.4 is 5.32 Å². The molecule has 1 heterocycles. The maximum absolute atomic E-state index is 12.8. The zero-order valence-electron chi connectivity index (χ0n) is 16.7. The Hall–Kier alpha value is -2.95. The van der Waals surface area contributed by atoms with Crippen molar-refractivity contribution in [2.75, 3.05) is 0 Å². The van der Waals surface area contributed by atoms with Gasteiger partial charge in [-0.15, -0.1) is 10.2 Å². The number of aryl methyl sites for hydroxylation is 1. The Labute approximate surface area is 166 Å². The number of unbranched alkanes of at least 4 members (excludes halogenated alkanes) is 1. The van der Waals surface area contributed by atoms with Gasteiger partial charge in [0.2, 0.25) is 12.3 Å². The van der Waals surface area contributed by atoms with Crippen molar-refractivity contribution in [1.82, 2.24) is 15.5 Å². The Morgan fingerprint density at radius 2 is 1.79 bits per heavy atom. The molecule has 28 heavy (non-hydrogen) atoms. The minimum absolute atomic E-state index is 0.0386. The second kappa shape index (κ2) is 9.31. The van der Waals surface area contributed by atoms with Crippen molar-refractivity contribution in [3.8, 4) is 11.5 Å². The van der Waals surface area contributed by atoms with E-state index >= 15 is 0 Å². The van der Waals surface area contributed by atoms with Gasteiger partial charge in [-0.05, 0) is 54.2 Å². The molecule has 0 radical (unpaired) electrons. The lowest BCUT2D eigenvalue weighted by Crippen LogP contribution is -2.31. The van der Waals surface area contributed by atoms with Crippen molar-refractivity contribution in [1.29, 1.82) is 0 Å². The summed E-state index contributed by atoms with van der Waals surface area (Å²) in [7, 11) is 0. The molecule has 0 unspecified atom stereocenters. The Balaban J connectivity index is 1.70. The Bertz CT molecular complexity index is 869. The summed E-state index contributed by atoms with van der Waals surface area (Å²) in [5.74, 6) is 0.629. The van der Waals surface area contributed by atoms with Crippen LogP contribution in [0.2, 0.25) is 0 Å². The molecular weight excluding hydrogens is 350 g/mol. The van der Waals surface area contributed by atoms with Crippen LogP contribution in [0.1, 0.15) is 61.1 Å². The lowest BCUT2D eigenvalue weighted by atomic mass is 9.94. The van der Waals surface area contributed by atoms with Gasteiger partial charge in [0, 0.05) is 11.1 Å². The molecule has 0 aliphatic carbocycles. The zero-order valence-corrected chi connectivity index (χ0v) is 16.7. The van der Waals surface area contributed by atoms with Gasteiger partial charge in [-0.1, -0.05) is 51.5 Å². The number of aromatic nitrogens is 2. The molecule has 1 atom stereocenters. The van der Waals surface area contributed by atoms with Gasteiger partial charge in [0.15, 0.2) is 0 Å². The quantitative estimate of drug-likeness (QED) is 0.585. The summed E-state index contributed by atoms with van der Waals surface area (Å²) < 4.78 is 5.19. The van der Waals surface area contributed by atoms with E-state index in [2.05, 4.69) is 60.6 Å². The molecule has 3 rings (SSSR count). The third-order valence-electron chi connectivity index (χ3n) is 4.87. The number of amides is 1. The molecule has 0 saturated carbocycles. The first-order valence-electron chi connectivity index (χ1n) is 9.84. The van der Waals surface area contributed by atoms with Gasteiger partial charge in [-0.25, -0.2) is 0 Å². The maximum Gasteiger partial charge on any atom is 0.251 e. The Kier molecular flexibility index (Phi) is 6.58. The molecule has 0 aliphatic rings. The summed E-state index contributed by atoms with van der Waals surface area (Å²) in [6.07, 6.45) is 4.78. The van der Waals surface area contributed by atoms with E-state index in [9.17, 15) is 4.79 Å². The van der Waals surface area contributed by atoms with Crippen molar-refractivity contribution in [2.24, 2.45) is 5.92 Å². The molecule has 0 aliphatic heterocycles. The van der Waals surface area contributed by atoms with Crippen molar-refractivity contribution >= 4 is 5.91 Å². The number of hydrogen-bond acceptors (Lipinski definition) is 4. The molecule has 5 nitrogen and oxygen atoms in total. The van der Waals surface area contributed by atoms with Crippen LogP contribution in [-0.2, 0) is 6.42 Å². The van der Waals surface area contributed by atoms with E-state index in [1.54, 1.807) is 12.1 Å². The SMILES string of the molecule is CCCCc1ccc([C@H](NC(=O)c2ccc(-c3nnco3)cc2)C(C)C)cc1. The molecule has 0 fully saturated rings. The van der Waals surface area contributed by atoms with E-state index in [0.29, 0.717) is 11.5 Å². The predicted octanol–water partition coefficient (Wildman–Crippen LogP) is 5.21. The fraction of sp³-hybridized carbons (Fsp3) is 0.348. The third-order valence-corrected chi connectivity index (χ3v) is 4.87. The minimum atomic E-state index is -0.0918. The standard InChI is InChI=1S/C23H27N3O2/c1-4-5-6-17-7-9-18(10-8-17)21(16(2)3)25-22(27)19-11-13-20(14-12-19)23-26-24-15-28-23/h7-16,21H,4-6H2,1-3H3,(H,25,27)/t21-/m1/s1. The summed E-state index contributed by atoms with van der Waals surface area (Å²) in [5.41, 5.74) is 3.87. The normalized spacial score (nSPS) is 12.1. The van der Waals surface area contributed by atoms with Crippen molar-refractivity contribution in [3.63, 3.8) is 0 Å². The first-order valence-corrected chi connectivity index (χ1v) is 9.84. The number of benzene rings is 2. The Morgan fingerprint density at radius 3 is 2.36 bits per heavy atom. The fourth-order valence-electron chi connectivity index (χ4n) is 3.20. The molecule has 5 heteroatoms. The van der Waals surface area contributed by atoms with E-state index in [4.69, 9.17) is 4.42 Å². The van der Waals surface area contributed by atoms with Gasteiger partial charge in [0.1, 0.15) is 0 Å². The number of carbonyl (C=O) groups is 1. The zero-order chi connectivity index (χ0) is 19.9. The van der Waals surface area contributed by atoms with Crippen LogP contribution >= 0.6 is 0 Å². The second-order valence-corrected chi connectivity index (χ2v) is 7.36. The summed E-state index contributed by atoms with van der Waals surface area (Å²) in [5, 5.41) is 10.7. The average molecular weight is 377 g/mol. The van der Waals surface area contributed by atoms with Gasteiger partial charge >= 0.3 is 0 Å². The molecule has 1 amide bonds. The van der Waals surface area contributed by atoms with Crippen LogP contribution in [0.25, 0.3) is 11.5 Å². The van der Waals surface area contributed by atoms with E-state index in [-0.39, 0.29) is 17.9 Å². The van der Waals surface area contributed by atoms with Crippen LogP contribution in [-0.4, -0.2) is 16.1 Å². The highest BCUT2D eigenvalue weighted by molar-refractivity contribution is 5.94. The summed E-state index contributed by atoms with van der Waals surface area (Å²) in [4.78, 5) is 12.8. The van der Waals surface area contributed by atoms with Crippen LogP contribution in [0, 0.1) is 5.92 Å². The van der Waals surface area contributed by atoms with E-state index in [1.165, 1.54) is 24.8 Å². The molecule has 0 saturated heterocycles. The smallest absolute Gasteiger partial charge is 0.251 e. The molecule has 0 bridgehead atoms. The molecule has 3 aromatic rings. The third kappa shape index (κ3) is 4.85. The largest absolute Gasteiger partial charge is 0.423 e. The summed E-state index contributed by atoms with van der Waals surface area (Å²) in [6.45, 7) is 6.44. The van der Waals surface area contributed by atoms with Gasteiger partial charge in [-0.2, -0.15) is 0 Å². The molecule has 0 spiro atoms. The molecule has 2 aromatic carbocycles. The average Bonchev–Trinajstić information content (AvgIpc) is 3.25. The number of nitrogens with one attached hydrogen (secondary N) is 1. The highest BCUT2D eigenvalue weighted by Gasteiger charge is 2.19. The van der Waals surface area contributed by atoms with Crippen LogP contribution in [0.4, 0.5) is 0 Å². The lowest BCUT2D eigenvalue weighted by Gasteiger charge is -2.23. The van der Waals surface area contributed by atoms with E-state index in [0.717, 1.165) is 17.5 Å². The van der Waals surface area contributed by atoms with E-state index < -0.39 is 0 Å². The van der Waals surface area contributed by atoms with Crippen molar-refractivity contribution in [3.05, 3.63) is 71.6 Å². The highest BCUT2D eigenvalue weighted by atomic mass is 16.4. The van der Waals surface area contributed by atoms with Gasteiger partial charge in [0.05, 0.1) is 6.04 Å². The molecular formula is C23H27N3O2. The number of nitrogens with zero attached hydrogens (tertiary/aromatic N) is 2. The van der Waals surface area contributed by atoms with E-state index in [1.807, 2.05) is 12.1 Å². The van der Waals surface area contributed by atoms with Gasteiger partial charge in [-0.3, -0.25) is 4.79 Å². The van der Waals surface area contributed by atoms with Crippen LogP contribution in [0.3, 0.4) is 0 Å². The first kappa shape index (κ1) is 19.8. The monoisotopic (exact) mass is 377 g/mol. The van der Waals surface area contributed by atoms with Crippen molar-refractivity contribution < 1.29 is 9.21 Å². The Morgan fingerprint density at radius 1 is 1.07 bits per heavy atom. The summed E-state index contributed by atoms with van der Waals surface area (Å²) >= 11 is 0. The van der Waals surface area contributed by atoms with Crippen LogP contribution in [0.5, 0.6) is 0 Å². The number of hydrogen-bond donors (Lipinski definition) is 1. The van der Waals surface area contributed by atoms with Crippen molar-refractivity contribution in [2.45, 2.75) is 46.1 Å². The summed E-state index contributed by atoms with van der Waals surface area (Å²) in [6, 6.07) is 15.8. The number of rotatable bonds is 8.